The van der Waals surface area contributed by atoms with E-state index in [2.05, 4.69) is 5.32 Å². The lowest BCUT2D eigenvalue weighted by Gasteiger charge is -2.32. The van der Waals surface area contributed by atoms with Gasteiger partial charge in [0.05, 0.1) is 0 Å². The lowest BCUT2D eigenvalue weighted by Crippen LogP contribution is -2.39. The molecule has 0 spiro atoms. The standard InChI is InChI=1S/C11H20FNO/c12-11(9-3-6-14-7-4-9)10-2-1-5-13-8-10/h9-11,13H,1-8H2. The summed E-state index contributed by atoms with van der Waals surface area (Å²) in [5, 5.41) is 3.28. The Bertz CT molecular complexity index is 147. The van der Waals surface area contributed by atoms with Crippen LogP contribution in [0.5, 0.6) is 0 Å². The van der Waals surface area contributed by atoms with Gasteiger partial charge in [-0.3, -0.25) is 0 Å². The van der Waals surface area contributed by atoms with Crippen molar-refractivity contribution in [2.75, 3.05) is 26.3 Å². The molecule has 0 aromatic carbocycles. The van der Waals surface area contributed by atoms with Crippen LogP contribution in [0.3, 0.4) is 0 Å². The van der Waals surface area contributed by atoms with E-state index in [4.69, 9.17) is 4.74 Å². The van der Waals surface area contributed by atoms with Crippen molar-refractivity contribution in [3.63, 3.8) is 0 Å². The highest BCUT2D eigenvalue weighted by molar-refractivity contribution is 4.82. The summed E-state index contributed by atoms with van der Waals surface area (Å²) >= 11 is 0. The fraction of sp³-hybridized carbons (Fsp3) is 1.00. The van der Waals surface area contributed by atoms with Crippen LogP contribution < -0.4 is 5.32 Å². The zero-order valence-corrected chi connectivity index (χ0v) is 8.68. The number of ether oxygens (including phenoxy) is 1. The molecule has 0 aromatic rings. The van der Waals surface area contributed by atoms with Gasteiger partial charge in [0.2, 0.25) is 0 Å². The Kier molecular flexibility index (Phi) is 3.76. The molecule has 2 aliphatic heterocycles. The van der Waals surface area contributed by atoms with Gasteiger partial charge in [-0.1, -0.05) is 0 Å². The second-order valence-corrected chi connectivity index (χ2v) is 4.50. The molecule has 2 fully saturated rings. The Hall–Kier alpha value is -0.150. The van der Waals surface area contributed by atoms with Gasteiger partial charge in [-0.2, -0.15) is 0 Å². The van der Waals surface area contributed by atoms with E-state index < -0.39 is 6.17 Å². The zero-order valence-electron chi connectivity index (χ0n) is 8.68. The molecule has 0 amide bonds. The van der Waals surface area contributed by atoms with Crippen molar-refractivity contribution in [3.05, 3.63) is 0 Å². The third-order valence-corrected chi connectivity index (χ3v) is 3.50. The molecule has 0 aromatic heterocycles. The molecule has 2 aliphatic rings. The van der Waals surface area contributed by atoms with E-state index in [1.54, 1.807) is 0 Å². The molecule has 0 bridgehead atoms. The fourth-order valence-corrected chi connectivity index (χ4v) is 2.57. The Balaban J connectivity index is 1.82. The molecule has 2 saturated heterocycles. The molecule has 3 heteroatoms. The highest BCUT2D eigenvalue weighted by Gasteiger charge is 2.31. The van der Waals surface area contributed by atoms with Crippen molar-refractivity contribution in [1.29, 1.82) is 0 Å². The van der Waals surface area contributed by atoms with Crippen LogP contribution in [0.2, 0.25) is 0 Å². The number of hydrogen-bond acceptors (Lipinski definition) is 2. The smallest absolute Gasteiger partial charge is 0.107 e. The SMILES string of the molecule is FC(C1CCOCC1)C1CCCNC1. The quantitative estimate of drug-likeness (QED) is 0.735. The van der Waals surface area contributed by atoms with Crippen molar-refractivity contribution in [3.8, 4) is 0 Å². The topological polar surface area (TPSA) is 21.3 Å². The summed E-state index contributed by atoms with van der Waals surface area (Å²) in [5.41, 5.74) is 0. The van der Waals surface area contributed by atoms with Crippen molar-refractivity contribution < 1.29 is 9.13 Å². The van der Waals surface area contributed by atoms with Gasteiger partial charge >= 0.3 is 0 Å². The fourth-order valence-electron chi connectivity index (χ4n) is 2.57. The first-order chi connectivity index (χ1) is 6.88. The first kappa shape index (κ1) is 10.4. The summed E-state index contributed by atoms with van der Waals surface area (Å²) in [5.74, 6) is 0.514. The van der Waals surface area contributed by atoms with E-state index in [-0.39, 0.29) is 11.8 Å². The number of nitrogens with one attached hydrogen (secondary N) is 1. The van der Waals surface area contributed by atoms with Gasteiger partial charge < -0.3 is 10.1 Å². The molecule has 1 N–H and O–H groups in total. The van der Waals surface area contributed by atoms with Crippen LogP contribution in [-0.4, -0.2) is 32.5 Å². The highest BCUT2D eigenvalue weighted by Crippen LogP contribution is 2.29. The Morgan fingerprint density at radius 2 is 1.93 bits per heavy atom. The Morgan fingerprint density at radius 1 is 1.14 bits per heavy atom. The molecule has 82 valence electrons. The summed E-state index contributed by atoms with van der Waals surface area (Å²) in [6, 6.07) is 0. The molecular formula is C11H20FNO. The van der Waals surface area contributed by atoms with Crippen molar-refractivity contribution in [1.82, 2.24) is 5.32 Å². The molecule has 2 heterocycles. The number of halogens is 1. The monoisotopic (exact) mass is 201 g/mol. The first-order valence-electron chi connectivity index (χ1n) is 5.80. The third kappa shape index (κ3) is 2.45. The van der Waals surface area contributed by atoms with Crippen molar-refractivity contribution in [2.24, 2.45) is 11.8 Å². The summed E-state index contributed by atoms with van der Waals surface area (Å²) in [6.45, 7) is 3.45. The van der Waals surface area contributed by atoms with Crippen molar-refractivity contribution >= 4 is 0 Å². The van der Waals surface area contributed by atoms with Crippen LogP contribution in [0.1, 0.15) is 25.7 Å². The van der Waals surface area contributed by atoms with Gasteiger partial charge in [0.25, 0.3) is 0 Å². The lowest BCUT2D eigenvalue weighted by atomic mass is 9.83. The van der Waals surface area contributed by atoms with Crippen LogP contribution in [-0.2, 0) is 4.74 Å². The van der Waals surface area contributed by atoms with Crippen LogP contribution >= 0.6 is 0 Å². The normalized spacial score (nSPS) is 32.8. The Morgan fingerprint density at radius 3 is 2.57 bits per heavy atom. The van der Waals surface area contributed by atoms with E-state index in [0.717, 1.165) is 52.0 Å². The minimum atomic E-state index is -0.605. The average Bonchev–Trinajstić information content (AvgIpc) is 2.30. The van der Waals surface area contributed by atoms with Gasteiger partial charge in [-0.15, -0.1) is 0 Å². The van der Waals surface area contributed by atoms with Gasteiger partial charge in [0, 0.05) is 25.7 Å². The largest absolute Gasteiger partial charge is 0.381 e. The molecule has 0 saturated carbocycles. The van der Waals surface area contributed by atoms with Crippen LogP contribution in [0.25, 0.3) is 0 Å². The average molecular weight is 201 g/mol. The highest BCUT2D eigenvalue weighted by atomic mass is 19.1. The molecule has 0 radical (unpaired) electrons. The van der Waals surface area contributed by atoms with Gasteiger partial charge in [0.1, 0.15) is 6.17 Å². The molecule has 14 heavy (non-hydrogen) atoms. The van der Waals surface area contributed by atoms with E-state index in [9.17, 15) is 4.39 Å². The zero-order chi connectivity index (χ0) is 9.80. The second kappa shape index (κ2) is 5.08. The van der Waals surface area contributed by atoms with E-state index in [0.29, 0.717) is 0 Å². The minimum absolute atomic E-state index is 0.256. The third-order valence-electron chi connectivity index (χ3n) is 3.50. The minimum Gasteiger partial charge on any atom is -0.381 e. The Labute approximate surface area is 85.2 Å². The van der Waals surface area contributed by atoms with Crippen molar-refractivity contribution in [2.45, 2.75) is 31.9 Å². The first-order valence-corrected chi connectivity index (χ1v) is 5.80. The number of alkyl halides is 1. The second-order valence-electron chi connectivity index (χ2n) is 4.50. The van der Waals surface area contributed by atoms with Gasteiger partial charge in [-0.05, 0) is 38.1 Å². The van der Waals surface area contributed by atoms with Gasteiger partial charge in [-0.25, -0.2) is 4.39 Å². The predicted octanol–water partition coefficient (Wildman–Crippen LogP) is 1.75. The summed E-state index contributed by atoms with van der Waals surface area (Å²) in [4.78, 5) is 0. The van der Waals surface area contributed by atoms with Crippen LogP contribution in [0.15, 0.2) is 0 Å². The summed E-state index contributed by atoms with van der Waals surface area (Å²) < 4.78 is 19.3. The maximum absolute atomic E-state index is 14.1. The molecule has 0 aliphatic carbocycles. The number of hydrogen-bond donors (Lipinski definition) is 1. The molecule has 2 atom stereocenters. The molecular weight excluding hydrogens is 181 g/mol. The maximum Gasteiger partial charge on any atom is 0.107 e. The van der Waals surface area contributed by atoms with E-state index in [1.165, 1.54) is 0 Å². The number of rotatable bonds is 2. The van der Waals surface area contributed by atoms with Crippen LogP contribution in [0.4, 0.5) is 4.39 Å². The van der Waals surface area contributed by atoms with Gasteiger partial charge in [0.15, 0.2) is 0 Å². The lowest BCUT2D eigenvalue weighted by molar-refractivity contribution is 0.0166. The summed E-state index contributed by atoms with van der Waals surface area (Å²) in [7, 11) is 0. The molecule has 2 unspecified atom stereocenters. The maximum atomic E-state index is 14.1. The van der Waals surface area contributed by atoms with E-state index in [1.807, 2.05) is 0 Å². The molecule has 2 nitrogen and oxygen atoms in total. The van der Waals surface area contributed by atoms with Crippen LogP contribution in [0, 0.1) is 11.8 Å². The van der Waals surface area contributed by atoms with E-state index >= 15 is 0 Å². The molecule has 2 rings (SSSR count). The predicted molar refractivity (Wildman–Crippen MR) is 54.0 cm³/mol. The number of piperidine rings is 1. The summed E-state index contributed by atoms with van der Waals surface area (Å²) in [6.07, 6.45) is 3.42.